The van der Waals surface area contributed by atoms with E-state index < -0.39 is 17.2 Å². The minimum atomic E-state index is -0.850. The highest BCUT2D eigenvalue weighted by atomic mass is 16.5. The van der Waals surface area contributed by atoms with E-state index in [1.165, 1.54) is 0 Å². The first-order chi connectivity index (χ1) is 18.0. The van der Waals surface area contributed by atoms with Crippen molar-refractivity contribution in [1.29, 1.82) is 0 Å². The molecule has 0 amide bonds. The average molecular weight is 499 g/mol. The lowest BCUT2D eigenvalue weighted by Gasteiger charge is -2.19. The zero-order chi connectivity index (χ0) is 25.9. The van der Waals surface area contributed by atoms with Crippen LogP contribution in [0.1, 0.15) is 36.5 Å². The van der Waals surface area contributed by atoms with Crippen LogP contribution in [-0.4, -0.2) is 23.5 Å². The van der Waals surface area contributed by atoms with Crippen LogP contribution < -0.4 is 20.7 Å². The largest absolute Gasteiger partial charge is 0.493 e. The summed E-state index contributed by atoms with van der Waals surface area (Å²) in [5, 5.41) is 5.52. The molecule has 2 heterocycles. The van der Waals surface area contributed by atoms with Crippen LogP contribution in [0.5, 0.6) is 11.5 Å². The van der Waals surface area contributed by atoms with Gasteiger partial charge in [-0.05, 0) is 31.5 Å². The molecule has 0 bridgehead atoms. The first-order valence-electron chi connectivity index (χ1n) is 11.9. The molecule has 8 nitrogen and oxygen atoms in total. The summed E-state index contributed by atoms with van der Waals surface area (Å²) in [4.78, 5) is 26.5. The van der Waals surface area contributed by atoms with Crippen LogP contribution in [0.25, 0.3) is 22.5 Å². The molecule has 0 radical (unpaired) electrons. The molecule has 0 aliphatic carbocycles. The quantitative estimate of drug-likeness (QED) is 0.290. The third-order valence-corrected chi connectivity index (χ3v) is 6.06. The molecule has 188 valence electrons. The highest BCUT2D eigenvalue weighted by Gasteiger charge is 2.33. The number of H-pyrrole nitrogens is 2. The number of hydrogen-bond acceptors (Lipinski definition) is 6. The maximum absolute atomic E-state index is 13.3. The Morgan fingerprint density at radius 1 is 0.703 bits per heavy atom. The number of methoxy groups -OCH3 is 1. The van der Waals surface area contributed by atoms with Crippen molar-refractivity contribution < 1.29 is 18.5 Å². The Bertz CT molecular complexity index is 1520. The highest BCUT2D eigenvalue weighted by Crippen LogP contribution is 2.41. The Hall–Kier alpha value is -4.72. The van der Waals surface area contributed by atoms with Crippen LogP contribution in [0.15, 0.2) is 97.5 Å². The van der Waals surface area contributed by atoms with Gasteiger partial charge in [-0.1, -0.05) is 66.7 Å². The Morgan fingerprint density at radius 3 is 1.68 bits per heavy atom. The monoisotopic (exact) mass is 498 g/mol. The molecular weight excluding hydrogens is 472 g/mol. The zero-order valence-electron chi connectivity index (χ0n) is 20.6. The second kappa shape index (κ2) is 10.1. The van der Waals surface area contributed by atoms with Crippen molar-refractivity contribution in [2.24, 2.45) is 0 Å². The number of aromatic nitrogens is 2. The minimum absolute atomic E-state index is 0.0710. The Morgan fingerprint density at radius 2 is 1.22 bits per heavy atom. The normalized spacial score (nSPS) is 11.3. The van der Waals surface area contributed by atoms with E-state index in [1.807, 2.05) is 80.6 Å². The summed E-state index contributed by atoms with van der Waals surface area (Å²) < 4.78 is 22.1. The van der Waals surface area contributed by atoms with Gasteiger partial charge in [0.25, 0.3) is 0 Å². The maximum atomic E-state index is 13.3. The summed E-state index contributed by atoms with van der Waals surface area (Å²) in [6.07, 6.45) is -0.0710. The third-order valence-electron chi connectivity index (χ3n) is 6.06. The molecule has 0 fully saturated rings. The van der Waals surface area contributed by atoms with Gasteiger partial charge in [0, 0.05) is 11.1 Å². The number of rotatable bonds is 8. The molecule has 0 atom stereocenters. The first kappa shape index (κ1) is 24.0. The summed E-state index contributed by atoms with van der Waals surface area (Å²) in [6, 6.07) is 24.0. The molecule has 8 heteroatoms. The second-order valence-electron chi connectivity index (χ2n) is 8.80. The van der Waals surface area contributed by atoms with Gasteiger partial charge < -0.3 is 18.5 Å². The lowest BCUT2D eigenvalue weighted by Crippen LogP contribution is -2.18. The van der Waals surface area contributed by atoms with Crippen molar-refractivity contribution in [2.45, 2.75) is 25.9 Å². The summed E-state index contributed by atoms with van der Waals surface area (Å²) in [7, 11) is 1.54. The summed E-state index contributed by atoms with van der Waals surface area (Å²) >= 11 is 0. The summed E-state index contributed by atoms with van der Waals surface area (Å²) in [5.74, 6) is 0.171. The van der Waals surface area contributed by atoms with Crippen molar-refractivity contribution in [3.05, 3.63) is 116 Å². The van der Waals surface area contributed by atoms with Gasteiger partial charge in [-0.2, -0.15) is 0 Å². The fraction of sp³-hybridized carbons (Fsp3) is 0.172. The smallest absolute Gasteiger partial charge is 0.362 e. The van der Waals surface area contributed by atoms with E-state index in [2.05, 4.69) is 10.3 Å². The molecule has 0 spiro atoms. The fourth-order valence-electron chi connectivity index (χ4n) is 4.47. The van der Waals surface area contributed by atoms with Gasteiger partial charge in [0.1, 0.15) is 0 Å². The van der Waals surface area contributed by atoms with Gasteiger partial charge in [0.05, 0.1) is 41.6 Å². The van der Waals surface area contributed by atoms with E-state index in [1.54, 1.807) is 19.2 Å². The van der Waals surface area contributed by atoms with E-state index in [4.69, 9.17) is 18.5 Å². The summed E-state index contributed by atoms with van der Waals surface area (Å²) in [5.41, 5.74) is 2.40. The number of benzene rings is 3. The van der Waals surface area contributed by atoms with Gasteiger partial charge in [0.15, 0.2) is 11.5 Å². The molecule has 2 aromatic heterocycles. The van der Waals surface area contributed by atoms with Gasteiger partial charge in [-0.3, -0.25) is 0 Å². The van der Waals surface area contributed by atoms with Crippen molar-refractivity contribution in [1.82, 2.24) is 10.3 Å². The molecule has 2 N–H and O–H groups in total. The van der Waals surface area contributed by atoms with Crippen molar-refractivity contribution in [3.63, 3.8) is 0 Å². The molecule has 0 unspecified atom stereocenters. The highest BCUT2D eigenvalue weighted by molar-refractivity contribution is 5.70. The Balaban J connectivity index is 1.79. The molecule has 5 rings (SSSR count). The Labute approximate surface area is 212 Å². The van der Waals surface area contributed by atoms with E-state index in [0.717, 1.165) is 11.1 Å². The molecule has 0 aliphatic rings. The standard InChI is InChI=1S/C29H26N2O6/c1-17(2)35-21-15-14-20(16-22(21)34-3)23(24-26(30-36-28(24)32)18-10-6-4-7-11-18)25-27(31-37-29(25)33)19-12-8-5-9-13-19/h4-17,23,30-31H,1-3H3. The molecular formula is C29H26N2O6. The topological polar surface area (TPSA) is 110 Å². The molecule has 37 heavy (non-hydrogen) atoms. The second-order valence-corrected chi connectivity index (χ2v) is 8.80. The lowest BCUT2D eigenvalue weighted by molar-refractivity contribution is 0.230. The van der Waals surface area contributed by atoms with Crippen molar-refractivity contribution in [3.8, 4) is 34.0 Å². The molecule has 0 saturated carbocycles. The lowest BCUT2D eigenvalue weighted by atomic mass is 9.83. The molecule has 3 aromatic carbocycles. The number of aromatic amines is 2. The van der Waals surface area contributed by atoms with Crippen LogP contribution in [0.3, 0.4) is 0 Å². The van der Waals surface area contributed by atoms with Crippen LogP contribution in [-0.2, 0) is 0 Å². The van der Waals surface area contributed by atoms with Crippen LogP contribution in [0, 0.1) is 0 Å². The predicted octanol–water partition coefficient (Wildman–Crippen LogP) is 5.56. The molecule has 0 aliphatic heterocycles. The number of ether oxygens (including phenoxy) is 2. The SMILES string of the molecule is COc1cc(C(c2c(-c3ccccc3)[nH]oc2=O)c2c(-c3ccccc3)[nH]oc2=O)ccc1OC(C)C. The van der Waals surface area contributed by atoms with Gasteiger partial charge in [-0.25, -0.2) is 19.9 Å². The van der Waals surface area contributed by atoms with Gasteiger partial charge in [0.2, 0.25) is 0 Å². The van der Waals surface area contributed by atoms with Gasteiger partial charge in [-0.15, -0.1) is 0 Å². The molecule has 0 saturated heterocycles. The fourth-order valence-corrected chi connectivity index (χ4v) is 4.47. The number of hydrogen-bond donors (Lipinski definition) is 2. The maximum Gasteiger partial charge on any atom is 0.362 e. The zero-order valence-corrected chi connectivity index (χ0v) is 20.6. The first-order valence-corrected chi connectivity index (χ1v) is 11.9. The van der Waals surface area contributed by atoms with E-state index >= 15 is 0 Å². The van der Waals surface area contributed by atoms with E-state index in [0.29, 0.717) is 28.5 Å². The average Bonchev–Trinajstić information content (AvgIpc) is 3.48. The number of nitrogens with one attached hydrogen (secondary N) is 2. The van der Waals surface area contributed by atoms with Crippen molar-refractivity contribution in [2.75, 3.05) is 7.11 Å². The van der Waals surface area contributed by atoms with E-state index in [9.17, 15) is 9.59 Å². The molecule has 5 aromatic rings. The van der Waals surface area contributed by atoms with Crippen LogP contribution in [0.4, 0.5) is 0 Å². The van der Waals surface area contributed by atoms with Gasteiger partial charge >= 0.3 is 11.3 Å². The van der Waals surface area contributed by atoms with Crippen LogP contribution >= 0.6 is 0 Å². The third kappa shape index (κ3) is 4.61. The van der Waals surface area contributed by atoms with Crippen LogP contribution in [0.2, 0.25) is 0 Å². The minimum Gasteiger partial charge on any atom is -0.493 e. The van der Waals surface area contributed by atoms with Crippen molar-refractivity contribution >= 4 is 0 Å². The Kier molecular flexibility index (Phi) is 6.55. The van der Waals surface area contributed by atoms with E-state index in [-0.39, 0.29) is 17.2 Å². The predicted molar refractivity (Wildman–Crippen MR) is 139 cm³/mol. The summed E-state index contributed by atoms with van der Waals surface area (Å²) in [6.45, 7) is 3.84.